The van der Waals surface area contributed by atoms with Gasteiger partial charge >= 0.3 is 6.36 Å². The second-order valence-electron chi connectivity index (χ2n) is 5.53. The fourth-order valence-corrected chi connectivity index (χ4v) is 2.85. The second-order valence-corrected chi connectivity index (χ2v) is 6.53. The van der Waals surface area contributed by atoms with E-state index in [1.54, 1.807) is 6.07 Å². The highest BCUT2D eigenvalue weighted by atomic mass is 32.2. The van der Waals surface area contributed by atoms with Gasteiger partial charge in [0.05, 0.1) is 11.4 Å². The molecule has 0 aliphatic rings. The molecular formula is C19H14F3N3O2S. The van der Waals surface area contributed by atoms with Gasteiger partial charge in [0.15, 0.2) is 0 Å². The molecule has 0 bridgehead atoms. The standard InChI is InChI=1S/C19H14F3N3O2S/c20-19(21,22)27-15-8-6-14(7-9-15)23-17(26)12-28-18-11-10-16(24-25-18)13-4-2-1-3-5-13/h1-11H,12H2,(H,23,26). The first-order valence-electron chi connectivity index (χ1n) is 8.07. The summed E-state index contributed by atoms with van der Waals surface area (Å²) in [5, 5.41) is 11.4. The van der Waals surface area contributed by atoms with Gasteiger partial charge < -0.3 is 10.1 Å². The summed E-state index contributed by atoms with van der Waals surface area (Å²) in [6, 6.07) is 18.1. The highest BCUT2D eigenvalue weighted by Crippen LogP contribution is 2.24. The number of benzene rings is 2. The smallest absolute Gasteiger partial charge is 0.406 e. The number of anilines is 1. The van der Waals surface area contributed by atoms with Crippen LogP contribution in [0, 0.1) is 0 Å². The van der Waals surface area contributed by atoms with Crippen LogP contribution < -0.4 is 10.1 Å². The van der Waals surface area contributed by atoms with E-state index in [9.17, 15) is 18.0 Å². The number of ether oxygens (including phenoxy) is 1. The first-order valence-corrected chi connectivity index (χ1v) is 9.05. The molecule has 0 aliphatic heterocycles. The number of thioether (sulfide) groups is 1. The maximum absolute atomic E-state index is 12.1. The van der Waals surface area contributed by atoms with Crippen LogP contribution in [-0.2, 0) is 4.79 Å². The van der Waals surface area contributed by atoms with Crippen LogP contribution in [-0.4, -0.2) is 28.2 Å². The number of nitrogens with one attached hydrogen (secondary N) is 1. The van der Waals surface area contributed by atoms with Crippen molar-refractivity contribution in [2.45, 2.75) is 11.4 Å². The van der Waals surface area contributed by atoms with Gasteiger partial charge in [-0.25, -0.2) is 0 Å². The lowest BCUT2D eigenvalue weighted by molar-refractivity contribution is -0.274. The number of hydrogen-bond acceptors (Lipinski definition) is 5. The number of aromatic nitrogens is 2. The van der Waals surface area contributed by atoms with Crippen molar-refractivity contribution in [3.8, 4) is 17.0 Å². The summed E-state index contributed by atoms with van der Waals surface area (Å²) < 4.78 is 40.2. The van der Waals surface area contributed by atoms with Crippen molar-refractivity contribution in [3.05, 3.63) is 66.7 Å². The minimum Gasteiger partial charge on any atom is -0.406 e. The summed E-state index contributed by atoms with van der Waals surface area (Å²) in [6.45, 7) is 0. The monoisotopic (exact) mass is 405 g/mol. The van der Waals surface area contributed by atoms with Crippen molar-refractivity contribution >= 4 is 23.4 Å². The van der Waals surface area contributed by atoms with Crippen molar-refractivity contribution < 1.29 is 22.7 Å². The van der Waals surface area contributed by atoms with Crippen LogP contribution in [0.2, 0.25) is 0 Å². The van der Waals surface area contributed by atoms with Gasteiger partial charge in [-0.3, -0.25) is 4.79 Å². The summed E-state index contributed by atoms with van der Waals surface area (Å²) in [6.07, 6.45) is -4.75. The first kappa shape index (κ1) is 19.7. The average molecular weight is 405 g/mol. The minimum atomic E-state index is -4.75. The molecule has 5 nitrogen and oxygen atoms in total. The third kappa shape index (κ3) is 5.98. The molecular weight excluding hydrogens is 391 g/mol. The van der Waals surface area contributed by atoms with Gasteiger partial charge in [-0.2, -0.15) is 0 Å². The van der Waals surface area contributed by atoms with Crippen LogP contribution in [0.3, 0.4) is 0 Å². The summed E-state index contributed by atoms with van der Waals surface area (Å²) in [5.41, 5.74) is 2.04. The Bertz CT molecular complexity index is 918. The minimum absolute atomic E-state index is 0.0835. The molecule has 9 heteroatoms. The zero-order chi connectivity index (χ0) is 20.0. The van der Waals surface area contributed by atoms with Gasteiger partial charge in [-0.15, -0.1) is 23.4 Å². The molecule has 0 spiro atoms. The van der Waals surface area contributed by atoms with Gasteiger partial charge in [0.2, 0.25) is 5.91 Å². The van der Waals surface area contributed by atoms with Crippen molar-refractivity contribution in [1.29, 1.82) is 0 Å². The third-order valence-electron chi connectivity index (χ3n) is 3.43. The normalized spacial score (nSPS) is 11.1. The van der Waals surface area contributed by atoms with Crippen LogP contribution in [0.4, 0.5) is 18.9 Å². The fourth-order valence-electron chi connectivity index (χ4n) is 2.24. The Labute approximate surface area is 162 Å². The van der Waals surface area contributed by atoms with E-state index < -0.39 is 6.36 Å². The van der Waals surface area contributed by atoms with E-state index in [2.05, 4.69) is 20.3 Å². The molecule has 1 N–H and O–H groups in total. The number of rotatable bonds is 6. The predicted octanol–water partition coefficient (Wildman–Crippen LogP) is 4.77. The quantitative estimate of drug-likeness (QED) is 0.599. The third-order valence-corrected chi connectivity index (χ3v) is 4.35. The van der Waals surface area contributed by atoms with Gasteiger partial charge in [0.25, 0.3) is 0 Å². The van der Waals surface area contributed by atoms with E-state index in [1.165, 1.54) is 23.9 Å². The molecule has 144 valence electrons. The lowest BCUT2D eigenvalue weighted by Gasteiger charge is -2.10. The van der Waals surface area contributed by atoms with E-state index in [0.717, 1.165) is 23.4 Å². The van der Waals surface area contributed by atoms with Gasteiger partial charge in [-0.1, -0.05) is 42.1 Å². The summed E-state index contributed by atoms with van der Waals surface area (Å²) >= 11 is 1.20. The lowest BCUT2D eigenvalue weighted by atomic mass is 10.1. The Balaban J connectivity index is 1.50. The van der Waals surface area contributed by atoms with Crippen LogP contribution in [0.25, 0.3) is 11.3 Å². The molecule has 0 unspecified atom stereocenters. The highest BCUT2D eigenvalue weighted by Gasteiger charge is 2.30. The van der Waals surface area contributed by atoms with Crippen molar-refractivity contribution in [3.63, 3.8) is 0 Å². The maximum Gasteiger partial charge on any atom is 0.573 e. The molecule has 1 heterocycles. The Morgan fingerprint density at radius 3 is 2.29 bits per heavy atom. The largest absolute Gasteiger partial charge is 0.573 e. The number of carbonyl (C=O) groups excluding carboxylic acids is 1. The number of hydrogen-bond donors (Lipinski definition) is 1. The molecule has 0 radical (unpaired) electrons. The number of halogens is 3. The number of amides is 1. The molecule has 1 aromatic heterocycles. The highest BCUT2D eigenvalue weighted by molar-refractivity contribution is 7.99. The molecule has 0 fully saturated rings. The Kier molecular flexibility index (Phi) is 6.15. The number of nitrogens with zero attached hydrogens (tertiary/aromatic N) is 2. The van der Waals surface area contributed by atoms with Crippen molar-refractivity contribution in [1.82, 2.24) is 10.2 Å². The SMILES string of the molecule is O=C(CSc1ccc(-c2ccccc2)nn1)Nc1ccc(OC(F)(F)F)cc1. The topological polar surface area (TPSA) is 64.1 Å². The zero-order valence-electron chi connectivity index (χ0n) is 14.3. The van der Waals surface area contributed by atoms with Crippen LogP contribution >= 0.6 is 11.8 Å². The van der Waals surface area contributed by atoms with Crippen LogP contribution in [0.5, 0.6) is 5.75 Å². The Morgan fingerprint density at radius 2 is 1.68 bits per heavy atom. The molecule has 28 heavy (non-hydrogen) atoms. The summed E-state index contributed by atoms with van der Waals surface area (Å²) in [5.74, 6) is -0.586. The van der Waals surface area contributed by atoms with E-state index in [0.29, 0.717) is 10.7 Å². The van der Waals surface area contributed by atoms with Crippen LogP contribution in [0.1, 0.15) is 0 Å². The van der Waals surface area contributed by atoms with Crippen molar-refractivity contribution in [2.24, 2.45) is 0 Å². The van der Waals surface area contributed by atoms with E-state index >= 15 is 0 Å². The molecule has 0 atom stereocenters. The molecule has 1 amide bonds. The number of alkyl halides is 3. The van der Waals surface area contributed by atoms with Crippen molar-refractivity contribution in [2.75, 3.05) is 11.1 Å². The predicted molar refractivity (Wildman–Crippen MR) is 99.9 cm³/mol. The maximum atomic E-state index is 12.1. The zero-order valence-corrected chi connectivity index (χ0v) is 15.1. The van der Waals surface area contributed by atoms with Gasteiger partial charge in [0.1, 0.15) is 10.8 Å². The fraction of sp³-hybridized carbons (Fsp3) is 0.105. The second kappa shape index (κ2) is 8.75. The van der Waals surface area contributed by atoms with E-state index in [1.807, 2.05) is 36.4 Å². The lowest BCUT2D eigenvalue weighted by Crippen LogP contribution is -2.17. The molecule has 3 aromatic rings. The number of carbonyl (C=O) groups is 1. The Morgan fingerprint density at radius 1 is 0.964 bits per heavy atom. The van der Waals surface area contributed by atoms with Gasteiger partial charge in [0, 0.05) is 11.3 Å². The summed E-state index contributed by atoms with van der Waals surface area (Å²) in [4.78, 5) is 12.0. The molecule has 3 rings (SSSR count). The summed E-state index contributed by atoms with van der Waals surface area (Å²) in [7, 11) is 0. The molecule has 0 aliphatic carbocycles. The van der Waals surface area contributed by atoms with Crippen LogP contribution in [0.15, 0.2) is 71.8 Å². The first-order chi connectivity index (χ1) is 13.4. The Hall–Kier alpha value is -3.07. The molecule has 2 aromatic carbocycles. The average Bonchev–Trinajstić information content (AvgIpc) is 2.68. The van der Waals surface area contributed by atoms with Gasteiger partial charge in [-0.05, 0) is 36.4 Å². The molecule has 0 saturated heterocycles. The molecule has 0 saturated carbocycles. The van der Waals surface area contributed by atoms with E-state index in [4.69, 9.17) is 0 Å². The van der Waals surface area contributed by atoms with E-state index in [-0.39, 0.29) is 17.4 Å².